The third-order valence-corrected chi connectivity index (χ3v) is 8.95. The summed E-state index contributed by atoms with van der Waals surface area (Å²) >= 11 is 6.28. The molecule has 0 aliphatic heterocycles. The maximum Gasteiger partial charge on any atom is 0.408 e. The summed E-state index contributed by atoms with van der Waals surface area (Å²) in [5.74, 6) is 0.553. The Balaban J connectivity index is 1.30. The highest BCUT2D eigenvalue weighted by Crippen LogP contribution is 2.65. The fourth-order valence-corrected chi connectivity index (χ4v) is 7.96. The Kier molecular flexibility index (Phi) is 5.85. The summed E-state index contributed by atoms with van der Waals surface area (Å²) < 4.78 is 3.36. The molecule has 0 radical (unpaired) electrons. The average Bonchev–Trinajstić information content (AvgIpc) is 3.22. The third-order valence-electron chi connectivity index (χ3n) is 8.51. The molecule has 4 saturated carbocycles. The third kappa shape index (κ3) is 3.95. The molecular weight excluding hydrogens is 490 g/mol. The van der Waals surface area contributed by atoms with Crippen molar-refractivity contribution < 1.29 is 14.6 Å². The van der Waals surface area contributed by atoms with Crippen LogP contribution in [0.2, 0.25) is 5.02 Å². The molecule has 2 aromatic heterocycles. The molecule has 6 rings (SSSR count). The topological polar surface area (TPSA) is 151 Å². The van der Waals surface area contributed by atoms with Gasteiger partial charge in [0, 0.05) is 13.0 Å². The van der Waals surface area contributed by atoms with Crippen molar-refractivity contribution in [3.8, 4) is 0 Å². The Morgan fingerprint density at radius 1 is 1.08 bits per heavy atom. The zero-order valence-corrected chi connectivity index (χ0v) is 21.4. The van der Waals surface area contributed by atoms with Crippen LogP contribution < -0.4 is 5.32 Å². The molecule has 12 nitrogen and oxygen atoms in total. The number of nitrogens with one attached hydrogen (secondary N) is 1. The monoisotopic (exact) mass is 519 g/mol. The van der Waals surface area contributed by atoms with Gasteiger partial charge in [0.1, 0.15) is 11.4 Å². The number of aromatic nitrogens is 4. The molecule has 4 bridgehead atoms. The van der Waals surface area contributed by atoms with E-state index in [0.29, 0.717) is 48.4 Å². The van der Waals surface area contributed by atoms with Crippen molar-refractivity contribution in [2.45, 2.75) is 77.8 Å². The van der Waals surface area contributed by atoms with Gasteiger partial charge in [-0.05, 0) is 81.5 Å². The predicted octanol–water partition coefficient (Wildman–Crippen LogP) is 3.98. The lowest BCUT2D eigenvalue weighted by Gasteiger charge is -2.61. The van der Waals surface area contributed by atoms with Crippen molar-refractivity contribution in [3.05, 3.63) is 42.3 Å². The number of carbonyl (C=O) groups excluding carboxylic acids is 1. The van der Waals surface area contributed by atoms with Crippen LogP contribution in [0.4, 0.5) is 11.5 Å². The van der Waals surface area contributed by atoms with Crippen molar-refractivity contribution in [1.82, 2.24) is 24.9 Å². The van der Waals surface area contributed by atoms with E-state index in [0.717, 1.165) is 38.5 Å². The first-order valence-electron chi connectivity index (χ1n) is 12.3. The molecule has 2 aromatic rings. The first-order valence-corrected chi connectivity index (χ1v) is 12.7. The molecular formula is C23H30ClN7O5. The van der Waals surface area contributed by atoms with E-state index in [1.54, 1.807) is 30.1 Å². The van der Waals surface area contributed by atoms with Crippen LogP contribution in [0, 0.1) is 58.3 Å². The number of nitro groups is 2. The highest BCUT2D eigenvalue weighted by molar-refractivity contribution is 6.33. The number of hydrogen-bond acceptors (Lipinski definition) is 7. The maximum absolute atomic E-state index is 13.1. The van der Waals surface area contributed by atoms with Crippen molar-refractivity contribution in [2.24, 2.45) is 17.3 Å². The highest BCUT2D eigenvalue weighted by atomic mass is 35.5. The lowest BCUT2D eigenvalue weighted by Crippen LogP contribution is -2.58. The molecule has 2 heterocycles. The second-order valence-corrected chi connectivity index (χ2v) is 11.5. The number of hydrogen-bond donors (Lipinski definition) is 1. The molecule has 4 aliphatic carbocycles. The van der Waals surface area contributed by atoms with Crippen LogP contribution in [0.1, 0.15) is 62.0 Å². The van der Waals surface area contributed by atoms with Crippen molar-refractivity contribution in [2.75, 3.05) is 6.54 Å². The molecule has 4 fully saturated rings. The predicted molar refractivity (Wildman–Crippen MR) is 130 cm³/mol. The zero-order valence-electron chi connectivity index (χ0n) is 20.6. The fourth-order valence-electron chi connectivity index (χ4n) is 7.78. The summed E-state index contributed by atoms with van der Waals surface area (Å²) in [6.45, 7) is 5.72. The van der Waals surface area contributed by atoms with Gasteiger partial charge in [0.25, 0.3) is 0 Å². The molecule has 36 heavy (non-hydrogen) atoms. The van der Waals surface area contributed by atoms with Gasteiger partial charge in [-0.25, -0.2) is 0 Å². The van der Waals surface area contributed by atoms with E-state index in [-0.39, 0.29) is 33.4 Å². The molecule has 0 aromatic carbocycles. The quantitative estimate of drug-likeness (QED) is 0.409. The van der Waals surface area contributed by atoms with Crippen molar-refractivity contribution >= 4 is 29.0 Å². The minimum atomic E-state index is -0.535. The van der Waals surface area contributed by atoms with Crippen LogP contribution in [0.25, 0.3) is 0 Å². The van der Waals surface area contributed by atoms with Gasteiger partial charge in [0.15, 0.2) is 5.02 Å². The molecule has 1 N–H and O–H groups in total. The van der Waals surface area contributed by atoms with Crippen LogP contribution in [0.5, 0.6) is 0 Å². The minimum absolute atomic E-state index is 0.00875. The summed E-state index contributed by atoms with van der Waals surface area (Å²) in [5.41, 5.74) is 0.923. The van der Waals surface area contributed by atoms with Crippen LogP contribution in [0.3, 0.4) is 0 Å². The van der Waals surface area contributed by atoms with E-state index < -0.39 is 9.85 Å². The first kappa shape index (κ1) is 24.7. The molecule has 2 unspecified atom stereocenters. The first-order chi connectivity index (χ1) is 16.9. The summed E-state index contributed by atoms with van der Waals surface area (Å²) in [5, 5.41) is 34.3. The normalized spacial score (nSPS) is 28.4. The van der Waals surface area contributed by atoms with Gasteiger partial charge in [-0.2, -0.15) is 9.78 Å². The van der Waals surface area contributed by atoms with Crippen molar-refractivity contribution in [3.63, 3.8) is 0 Å². The van der Waals surface area contributed by atoms with Gasteiger partial charge in [-0.15, -0.1) is 0 Å². The second-order valence-electron chi connectivity index (χ2n) is 11.1. The van der Waals surface area contributed by atoms with E-state index in [1.807, 2.05) is 0 Å². The van der Waals surface area contributed by atoms with Crippen molar-refractivity contribution in [1.29, 1.82) is 0 Å². The van der Waals surface area contributed by atoms with E-state index in [1.165, 1.54) is 0 Å². The number of aryl methyl sites for hydroxylation is 1. The Morgan fingerprint density at radius 2 is 1.75 bits per heavy atom. The van der Waals surface area contributed by atoms with E-state index in [2.05, 4.69) is 15.5 Å². The highest BCUT2D eigenvalue weighted by Gasteiger charge is 2.60. The number of carbonyl (C=O) groups is 1. The van der Waals surface area contributed by atoms with E-state index in [9.17, 15) is 25.0 Å². The van der Waals surface area contributed by atoms with Gasteiger partial charge in [-0.1, -0.05) is 11.6 Å². The smallest absolute Gasteiger partial charge is 0.358 e. The van der Waals surface area contributed by atoms with Crippen LogP contribution in [-0.4, -0.2) is 41.9 Å². The molecule has 0 spiro atoms. The lowest BCUT2D eigenvalue weighted by molar-refractivity contribution is -0.389. The van der Waals surface area contributed by atoms with Gasteiger partial charge in [0.2, 0.25) is 5.91 Å². The molecule has 194 valence electrons. The Hall–Kier alpha value is -3.02. The van der Waals surface area contributed by atoms with Gasteiger partial charge < -0.3 is 15.4 Å². The number of amides is 1. The molecule has 13 heteroatoms. The van der Waals surface area contributed by atoms with Gasteiger partial charge >= 0.3 is 11.5 Å². The Bertz CT molecular complexity index is 1250. The zero-order chi connectivity index (χ0) is 26.0. The minimum Gasteiger partial charge on any atom is -0.358 e. The van der Waals surface area contributed by atoms with E-state index >= 15 is 0 Å². The van der Waals surface area contributed by atoms with Crippen LogP contribution in [0.15, 0.2) is 0 Å². The number of nitrogens with zero attached hydrogens (tertiary/aromatic N) is 6. The molecule has 0 saturated heterocycles. The van der Waals surface area contributed by atoms with Crippen LogP contribution >= 0.6 is 11.6 Å². The fraction of sp³-hybridized carbons (Fsp3) is 0.696. The summed E-state index contributed by atoms with van der Waals surface area (Å²) in [4.78, 5) is 34.8. The molecule has 4 aliphatic rings. The van der Waals surface area contributed by atoms with Crippen LogP contribution in [-0.2, 0) is 16.9 Å². The van der Waals surface area contributed by atoms with Gasteiger partial charge in [-0.3, -0.25) is 19.6 Å². The van der Waals surface area contributed by atoms with E-state index in [4.69, 9.17) is 11.6 Å². The SMILES string of the molecule is Cc1nn(CCNC(=O)CC23CC4CC(C2)CC(n2nc([N+](=O)[O-])c(Cl)c2C)(C4)C3)c(C)c1[N+](=O)[O-]. The Morgan fingerprint density at radius 3 is 2.31 bits per heavy atom. The number of halogens is 1. The Labute approximate surface area is 212 Å². The summed E-state index contributed by atoms with van der Waals surface area (Å²) in [6.07, 6.45) is 6.00. The standard InChI is InChI=1S/C23H30ClN7O5/c1-13-20(30(33)34)15(3)28(26-13)5-4-25-18(32)11-22-7-16-6-17(8-22)10-23(9-16,12-22)29-14(2)19(24)21(27-29)31(35)36/h16-17H,4-12H2,1-3H3,(H,25,32). The second kappa shape index (κ2) is 8.53. The lowest BCUT2D eigenvalue weighted by atomic mass is 9.46. The molecule has 1 amide bonds. The largest absolute Gasteiger partial charge is 0.408 e. The molecule has 2 atom stereocenters. The maximum atomic E-state index is 13.1. The summed E-state index contributed by atoms with van der Waals surface area (Å²) in [6, 6.07) is 0. The summed E-state index contributed by atoms with van der Waals surface area (Å²) in [7, 11) is 0. The average molecular weight is 520 g/mol. The van der Waals surface area contributed by atoms with Gasteiger partial charge in [0.05, 0.1) is 27.8 Å². The number of rotatable bonds is 8.